The lowest BCUT2D eigenvalue weighted by atomic mass is 10.1. The van der Waals surface area contributed by atoms with Gasteiger partial charge in [0.2, 0.25) is 5.91 Å². The minimum atomic E-state index is -4.47. The van der Waals surface area contributed by atoms with Gasteiger partial charge in [-0.25, -0.2) is 0 Å². The van der Waals surface area contributed by atoms with E-state index in [9.17, 15) is 18.0 Å². The highest BCUT2D eigenvalue weighted by Gasteiger charge is 2.31. The minimum Gasteiger partial charge on any atom is -0.323 e. The number of hydrogen-bond acceptors (Lipinski definition) is 2. The van der Waals surface area contributed by atoms with Crippen LogP contribution in [-0.4, -0.2) is 29.9 Å². The molecule has 1 aromatic rings. The van der Waals surface area contributed by atoms with Gasteiger partial charge in [0.25, 0.3) is 0 Å². The molecule has 0 aromatic heterocycles. The van der Waals surface area contributed by atoms with E-state index in [1.165, 1.54) is 0 Å². The molecule has 1 fully saturated rings. The number of hydrogen-bond donors (Lipinski definition) is 1. The second-order valence-corrected chi connectivity index (χ2v) is 5.86. The Bertz CT molecular complexity index is 542. The zero-order chi connectivity index (χ0) is 16.3. The number of benzene rings is 1. The van der Waals surface area contributed by atoms with Crippen molar-refractivity contribution in [2.45, 2.75) is 38.4 Å². The summed E-state index contributed by atoms with van der Waals surface area (Å²) < 4.78 is 38.2. The van der Waals surface area contributed by atoms with Crippen LogP contribution in [0.1, 0.15) is 31.7 Å². The molecule has 0 spiro atoms. The number of alkyl halides is 3. The summed E-state index contributed by atoms with van der Waals surface area (Å²) >= 11 is 5.89. The van der Waals surface area contributed by atoms with Gasteiger partial charge in [-0.05, 0) is 51.1 Å². The van der Waals surface area contributed by atoms with E-state index in [0.717, 1.165) is 50.6 Å². The maximum absolute atomic E-state index is 12.7. The third kappa shape index (κ3) is 4.14. The number of amides is 1. The molecule has 0 aliphatic carbocycles. The Labute approximate surface area is 132 Å². The second-order valence-electron chi connectivity index (χ2n) is 5.45. The number of piperidine rings is 1. The predicted molar refractivity (Wildman–Crippen MR) is 80.0 cm³/mol. The van der Waals surface area contributed by atoms with E-state index in [0.29, 0.717) is 0 Å². The van der Waals surface area contributed by atoms with Crippen LogP contribution in [0, 0.1) is 0 Å². The van der Waals surface area contributed by atoms with Crippen molar-refractivity contribution in [1.82, 2.24) is 4.90 Å². The van der Waals surface area contributed by atoms with Crippen molar-refractivity contribution in [3.8, 4) is 0 Å². The van der Waals surface area contributed by atoms with Gasteiger partial charge in [-0.1, -0.05) is 18.0 Å². The topological polar surface area (TPSA) is 32.3 Å². The Kier molecular flexibility index (Phi) is 5.34. The zero-order valence-corrected chi connectivity index (χ0v) is 13.0. The molecule has 2 rings (SSSR count). The summed E-state index contributed by atoms with van der Waals surface area (Å²) in [6.45, 7) is 3.40. The molecule has 1 aromatic carbocycles. The maximum atomic E-state index is 12.7. The molecular weight excluding hydrogens is 317 g/mol. The highest BCUT2D eigenvalue weighted by atomic mass is 35.5. The lowest BCUT2D eigenvalue weighted by Gasteiger charge is -2.31. The van der Waals surface area contributed by atoms with Gasteiger partial charge in [0.05, 0.1) is 22.3 Å². The molecule has 0 bridgehead atoms. The molecule has 0 radical (unpaired) electrons. The van der Waals surface area contributed by atoms with Crippen molar-refractivity contribution in [3.05, 3.63) is 28.8 Å². The molecule has 0 saturated carbocycles. The Morgan fingerprint density at radius 1 is 1.27 bits per heavy atom. The number of rotatable bonds is 3. The Hall–Kier alpha value is -1.27. The van der Waals surface area contributed by atoms with E-state index >= 15 is 0 Å². The van der Waals surface area contributed by atoms with Gasteiger partial charge in [-0.3, -0.25) is 9.69 Å². The van der Waals surface area contributed by atoms with Gasteiger partial charge in [-0.2, -0.15) is 13.2 Å². The van der Waals surface area contributed by atoms with Crippen molar-refractivity contribution in [3.63, 3.8) is 0 Å². The summed E-state index contributed by atoms with van der Waals surface area (Å²) in [6, 6.07) is 2.51. The first-order valence-corrected chi connectivity index (χ1v) is 7.58. The first-order valence-electron chi connectivity index (χ1n) is 7.20. The summed E-state index contributed by atoms with van der Waals surface area (Å²) in [5.74, 6) is -0.344. The molecule has 7 heteroatoms. The quantitative estimate of drug-likeness (QED) is 0.899. The fraction of sp³-hybridized carbons (Fsp3) is 0.533. The smallest absolute Gasteiger partial charge is 0.323 e. The summed E-state index contributed by atoms with van der Waals surface area (Å²) in [5.41, 5.74) is -0.844. The molecule has 3 nitrogen and oxygen atoms in total. The summed E-state index contributed by atoms with van der Waals surface area (Å²) in [5, 5.41) is 2.60. The van der Waals surface area contributed by atoms with Crippen molar-refractivity contribution in [1.29, 1.82) is 0 Å². The van der Waals surface area contributed by atoms with Crippen LogP contribution in [0.5, 0.6) is 0 Å². The molecular formula is C15H18ClF3N2O. The van der Waals surface area contributed by atoms with Gasteiger partial charge in [0.15, 0.2) is 0 Å². The van der Waals surface area contributed by atoms with Crippen LogP contribution in [0.25, 0.3) is 0 Å². The van der Waals surface area contributed by atoms with Crippen LogP contribution >= 0.6 is 11.6 Å². The van der Waals surface area contributed by atoms with Crippen LogP contribution in [0.4, 0.5) is 18.9 Å². The van der Waals surface area contributed by atoms with E-state index in [-0.39, 0.29) is 16.6 Å². The standard InChI is InChI=1S/C15H18ClF3N2O/c1-10(21-7-3-2-4-8-21)14(22)20-13-9-11(15(17,18)19)5-6-12(13)16/h5-6,9-10H,2-4,7-8H2,1H3,(H,20,22)/t10-/m1/s1. The van der Waals surface area contributed by atoms with Crippen LogP contribution in [0.3, 0.4) is 0 Å². The largest absolute Gasteiger partial charge is 0.416 e. The highest BCUT2D eigenvalue weighted by Crippen LogP contribution is 2.33. The van der Waals surface area contributed by atoms with Crippen LogP contribution in [0.2, 0.25) is 5.02 Å². The first-order chi connectivity index (χ1) is 10.3. The van der Waals surface area contributed by atoms with Crippen molar-refractivity contribution in [2.75, 3.05) is 18.4 Å². The molecule has 1 N–H and O–H groups in total. The van der Waals surface area contributed by atoms with E-state index in [1.54, 1.807) is 6.92 Å². The summed E-state index contributed by atoms with van der Waals surface area (Å²) in [4.78, 5) is 14.3. The maximum Gasteiger partial charge on any atom is 0.416 e. The number of anilines is 1. The molecule has 1 atom stereocenters. The van der Waals surface area contributed by atoms with Gasteiger partial charge < -0.3 is 5.32 Å². The van der Waals surface area contributed by atoms with Gasteiger partial charge in [0.1, 0.15) is 0 Å². The van der Waals surface area contributed by atoms with Crippen LogP contribution in [0.15, 0.2) is 18.2 Å². The average Bonchev–Trinajstić information content (AvgIpc) is 2.48. The Balaban J connectivity index is 2.10. The van der Waals surface area contributed by atoms with E-state index in [1.807, 2.05) is 4.90 Å². The predicted octanol–water partition coefficient (Wildman–Crippen LogP) is 4.17. The lowest BCUT2D eigenvalue weighted by molar-refractivity contribution is -0.137. The van der Waals surface area contributed by atoms with Crippen molar-refractivity contribution >= 4 is 23.2 Å². The molecule has 1 aliphatic rings. The van der Waals surface area contributed by atoms with Gasteiger partial charge in [-0.15, -0.1) is 0 Å². The van der Waals surface area contributed by atoms with Crippen molar-refractivity contribution in [2.24, 2.45) is 0 Å². The SMILES string of the molecule is C[C@H](C(=O)Nc1cc(C(F)(F)F)ccc1Cl)N1CCCCC1. The van der Waals surface area contributed by atoms with Crippen molar-refractivity contribution < 1.29 is 18.0 Å². The molecule has 0 unspecified atom stereocenters. The number of nitrogens with one attached hydrogen (secondary N) is 1. The average molecular weight is 335 g/mol. The third-order valence-corrected chi connectivity index (χ3v) is 4.20. The fourth-order valence-corrected chi connectivity index (χ4v) is 2.67. The minimum absolute atomic E-state index is 0.00893. The number of carbonyl (C=O) groups excluding carboxylic acids is 1. The van der Waals surface area contributed by atoms with E-state index < -0.39 is 17.8 Å². The monoisotopic (exact) mass is 334 g/mol. The number of likely N-dealkylation sites (tertiary alicyclic amines) is 1. The number of nitrogens with zero attached hydrogens (tertiary/aromatic N) is 1. The molecule has 22 heavy (non-hydrogen) atoms. The summed E-state index contributed by atoms with van der Waals surface area (Å²) in [6.07, 6.45) is -1.27. The summed E-state index contributed by atoms with van der Waals surface area (Å²) in [7, 11) is 0. The molecule has 1 saturated heterocycles. The van der Waals surface area contributed by atoms with E-state index in [2.05, 4.69) is 5.32 Å². The van der Waals surface area contributed by atoms with Crippen LogP contribution in [-0.2, 0) is 11.0 Å². The molecule has 1 aliphatic heterocycles. The third-order valence-electron chi connectivity index (χ3n) is 3.87. The molecule has 122 valence electrons. The zero-order valence-electron chi connectivity index (χ0n) is 12.2. The molecule has 1 heterocycles. The first kappa shape index (κ1) is 17.1. The fourth-order valence-electron chi connectivity index (χ4n) is 2.51. The second kappa shape index (κ2) is 6.87. The normalized spacial score (nSPS) is 18.0. The number of halogens is 4. The van der Waals surface area contributed by atoms with Gasteiger partial charge in [0, 0.05) is 0 Å². The van der Waals surface area contributed by atoms with Crippen LogP contribution < -0.4 is 5.32 Å². The Morgan fingerprint density at radius 2 is 1.91 bits per heavy atom. The Morgan fingerprint density at radius 3 is 2.50 bits per heavy atom. The molecule has 1 amide bonds. The van der Waals surface area contributed by atoms with E-state index in [4.69, 9.17) is 11.6 Å². The number of carbonyl (C=O) groups is 1. The highest BCUT2D eigenvalue weighted by molar-refractivity contribution is 6.33. The van der Waals surface area contributed by atoms with Gasteiger partial charge >= 0.3 is 6.18 Å². The lowest BCUT2D eigenvalue weighted by Crippen LogP contribution is -2.44.